The van der Waals surface area contributed by atoms with Crippen molar-refractivity contribution in [3.8, 4) is 0 Å². The fourth-order valence-electron chi connectivity index (χ4n) is 2.38. The summed E-state index contributed by atoms with van der Waals surface area (Å²) in [5.41, 5.74) is 0. The lowest BCUT2D eigenvalue weighted by atomic mass is 10.0. The van der Waals surface area contributed by atoms with Crippen LogP contribution in [0.1, 0.15) is 13.8 Å². The molecule has 6 nitrogen and oxygen atoms in total. The number of ether oxygens (including phenoxy) is 1. The molecule has 3 atom stereocenters. The summed E-state index contributed by atoms with van der Waals surface area (Å²) < 4.78 is 7.35. The van der Waals surface area contributed by atoms with Crippen LogP contribution in [0.25, 0.3) is 0 Å². The van der Waals surface area contributed by atoms with Crippen molar-refractivity contribution in [3.05, 3.63) is 18.7 Å². The minimum Gasteiger partial charge on any atom is -0.379 e. The van der Waals surface area contributed by atoms with Gasteiger partial charge in [-0.05, 0) is 13.5 Å². The molecule has 1 aromatic rings. The van der Waals surface area contributed by atoms with Gasteiger partial charge in [0, 0.05) is 31.0 Å². The molecule has 1 aromatic heterocycles. The molecule has 2 heterocycles. The maximum Gasteiger partial charge on any atom is 0.227 e. The van der Waals surface area contributed by atoms with Crippen molar-refractivity contribution in [2.45, 2.75) is 32.5 Å². The van der Waals surface area contributed by atoms with Gasteiger partial charge >= 0.3 is 0 Å². The summed E-state index contributed by atoms with van der Waals surface area (Å²) in [5.74, 6) is -0.0266. The van der Waals surface area contributed by atoms with Crippen molar-refractivity contribution in [3.63, 3.8) is 0 Å². The highest BCUT2D eigenvalue weighted by molar-refractivity contribution is 5.80. The van der Waals surface area contributed by atoms with Gasteiger partial charge < -0.3 is 19.9 Å². The number of rotatable bonds is 6. The number of likely N-dealkylation sites (N-methyl/N-ethyl adjacent to an activating group) is 1. The molecule has 0 bridgehead atoms. The highest BCUT2D eigenvalue weighted by atomic mass is 16.5. The molecule has 19 heavy (non-hydrogen) atoms. The van der Waals surface area contributed by atoms with Gasteiger partial charge in [0.2, 0.25) is 5.91 Å². The number of hydrogen-bond donors (Lipinski definition) is 2. The second-order valence-corrected chi connectivity index (χ2v) is 4.98. The van der Waals surface area contributed by atoms with Crippen molar-refractivity contribution >= 4 is 5.91 Å². The van der Waals surface area contributed by atoms with Gasteiger partial charge in [-0.25, -0.2) is 4.98 Å². The Morgan fingerprint density at radius 1 is 1.58 bits per heavy atom. The summed E-state index contributed by atoms with van der Waals surface area (Å²) in [5, 5.41) is 6.33. The first kappa shape index (κ1) is 14.0. The highest BCUT2D eigenvalue weighted by Gasteiger charge is 2.33. The molecule has 2 rings (SSSR count). The Labute approximate surface area is 113 Å². The molecule has 0 radical (unpaired) electrons. The van der Waals surface area contributed by atoms with Gasteiger partial charge in [-0.3, -0.25) is 4.79 Å². The van der Waals surface area contributed by atoms with Crippen LogP contribution in [0.15, 0.2) is 18.7 Å². The standard InChI is InChI=1S/C13H22N4O2/c1-3-15-12-8-19-7-11(12)13(18)16-10(2)6-17-5-4-14-9-17/h4-5,9-12,15H,3,6-8H2,1-2H3,(H,16,18). The summed E-state index contributed by atoms with van der Waals surface area (Å²) in [4.78, 5) is 16.2. The molecule has 0 aliphatic carbocycles. The molecule has 0 aromatic carbocycles. The van der Waals surface area contributed by atoms with E-state index < -0.39 is 0 Å². The molecule has 0 saturated carbocycles. The van der Waals surface area contributed by atoms with Gasteiger partial charge in [0.05, 0.1) is 25.5 Å². The van der Waals surface area contributed by atoms with Crippen LogP contribution >= 0.6 is 0 Å². The van der Waals surface area contributed by atoms with E-state index in [1.165, 1.54) is 0 Å². The summed E-state index contributed by atoms with van der Waals surface area (Å²) in [7, 11) is 0. The third-order valence-corrected chi connectivity index (χ3v) is 3.32. The lowest BCUT2D eigenvalue weighted by Crippen LogP contribution is -2.47. The highest BCUT2D eigenvalue weighted by Crippen LogP contribution is 2.14. The predicted octanol–water partition coefficient (Wildman–Crippen LogP) is 0.0123. The Morgan fingerprint density at radius 2 is 2.42 bits per heavy atom. The molecule has 106 valence electrons. The van der Waals surface area contributed by atoms with Crippen LogP contribution in [0, 0.1) is 5.92 Å². The van der Waals surface area contributed by atoms with Crippen LogP contribution in [-0.2, 0) is 16.1 Å². The maximum atomic E-state index is 12.2. The van der Waals surface area contributed by atoms with Crippen LogP contribution in [0.2, 0.25) is 0 Å². The molecule has 0 spiro atoms. The van der Waals surface area contributed by atoms with Crippen LogP contribution < -0.4 is 10.6 Å². The molecule has 3 unspecified atom stereocenters. The third-order valence-electron chi connectivity index (χ3n) is 3.32. The topological polar surface area (TPSA) is 68.2 Å². The van der Waals surface area contributed by atoms with Crippen molar-refractivity contribution < 1.29 is 9.53 Å². The summed E-state index contributed by atoms with van der Waals surface area (Å²) >= 11 is 0. The Balaban J connectivity index is 1.82. The second kappa shape index (κ2) is 6.68. The second-order valence-electron chi connectivity index (χ2n) is 4.98. The number of carbonyl (C=O) groups excluding carboxylic acids is 1. The number of nitrogens with zero attached hydrogens (tertiary/aromatic N) is 2. The van der Waals surface area contributed by atoms with Gasteiger partial charge in [-0.1, -0.05) is 6.92 Å². The summed E-state index contributed by atoms with van der Waals surface area (Å²) in [6.45, 7) is 6.72. The molecule has 1 amide bonds. The molecular weight excluding hydrogens is 244 g/mol. The summed E-state index contributed by atoms with van der Waals surface area (Å²) in [6.07, 6.45) is 5.38. The van der Waals surface area contributed by atoms with E-state index in [1.54, 1.807) is 12.5 Å². The van der Waals surface area contributed by atoms with Crippen LogP contribution in [0.4, 0.5) is 0 Å². The van der Waals surface area contributed by atoms with E-state index in [1.807, 2.05) is 24.6 Å². The van der Waals surface area contributed by atoms with Crippen molar-refractivity contribution in [1.29, 1.82) is 0 Å². The Kier molecular flexibility index (Phi) is 4.93. The molecule has 1 aliphatic rings. The van der Waals surface area contributed by atoms with Crippen LogP contribution in [0.3, 0.4) is 0 Å². The lowest BCUT2D eigenvalue weighted by molar-refractivity contribution is -0.126. The van der Waals surface area contributed by atoms with E-state index >= 15 is 0 Å². The Hall–Kier alpha value is -1.40. The fraction of sp³-hybridized carbons (Fsp3) is 0.692. The molecule has 1 fully saturated rings. The zero-order valence-electron chi connectivity index (χ0n) is 11.5. The van der Waals surface area contributed by atoms with Crippen LogP contribution in [0.5, 0.6) is 0 Å². The van der Waals surface area contributed by atoms with Crippen molar-refractivity contribution in [1.82, 2.24) is 20.2 Å². The molecule has 1 aliphatic heterocycles. The number of hydrogen-bond acceptors (Lipinski definition) is 4. The van der Waals surface area contributed by atoms with Gasteiger partial charge in [0.1, 0.15) is 0 Å². The van der Waals surface area contributed by atoms with E-state index in [2.05, 4.69) is 15.6 Å². The summed E-state index contributed by atoms with van der Waals surface area (Å²) in [6, 6.07) is 0.204. The fourth-order valence-corrected chi connectivity index (χ4v) is 2.38. The lowest BCUT2D eigenvalue weighted by Gasteiger charge is -2.21. The van der Waals surface area contributed by atoms with Gasteiger partial charge in [0.25, 0.3) is 0 Å². The van der Waals surface area contributed by atoms with Crippen LogP contribution in [-0.4, -0.2) is 47.3 Å². The zero-order chi connectivity index (χ0) is 13.7. The molecule has 2 N–H and O–H groups in total. The van der Waals surface area contributed by atoms with E-state index in [9.17, 15) is 4.79 Å². The third kappa shape index (κ3) is 3.78. The normalized spacial score (nSPS) is 24.3. The minimum absolute atomic E-state index is 0.0658. The van der Waals surface area contributed by atoms with Crippen molar-refractivity contribution in [2.75, 3.05) is 19.8 Å². The smallest absolute Gasteiger partial charge is 0.227 e. The first-order valence-corrected chi connectivity index (χ1v) is 6.78. The van der Waals surface area contributed by atoms with Gasteiger partial charge in [-0.2, -0.15) is 0 Å². The maximum absolute atomic E-state index is 12.2. The average Bonchev–Trinajstić information content (AvgIpc) is 3.00. The number of amides is 1. The zero-order valence-corrected chi connectivity index (χ0v) is 11.5. The molecule has 6 heteroatoms. The van der Waals surface area contributed by atoms with E-state index in [-0.39, 0.29) is 23.9 Å². The largest absolute Gasteiger partial charge is 0.379 e. The number of imidazole rings is 1. The molecule has 1 saturated heterocycles. The van der Waals surface area contributed by atoms with E-state index in [4.69, 9.17) is 4.74 Å². The number of aromatic nitrogens is 2. The first-order chi connectivity index (χ1) is 9.20. The Morgan fingerprint density at radius 3 is 3.11 bits per heavy atom. The van der Waals surface area contributed by atoms with Gasteiger partial charge in [-0.15, -0.1) is 0 Å². The number of carbonyl (C=O) groups is 1. The van der Waals surface area contributed by atoms with E-state index in [0.717, 1.165) is 13.1 Å². The predicted molar refractivity (Wildman–Crippen MR) is 71.6 cm³/mol. The number of nitrogens with one attached hydrogen (secondary N) is 2. The van der Waals surface area contributed by atoms with E-state index in [0.29, 0.717) is 13.2 Å². The average molecular weight is 266 g/mol. The van der Waals surface area contributed by atoms with Gasteiger partial charge in [0.15, 0.2) is 0 Å². The molecular formula is C13H22N4O2. The minimum atomic E-state index is -0.0924. The monoisotopic (exact) mass is 266 g/mol. The Bertz CT molecular complexity index is 393. The van der Waals surface area contributed by atoms with Crippen molar-refractivity contribution in [2.24, 2.45) is 5.92 Å². The quantitative estimate of drug-likeness (QED) is 0.761. The first-order valence-electron chi connectivity index (χ1n) is 6.78. The SMILES string of the molecule is CCNC1COCC1C(=O)NC(C)Cn1ccnc1.